The number of nitrogens with zero attached hydrogens (tertiary/aromatic N) is 2. The number of benzene rings is 1. The van der Waals surface area contributed by atoms with Gasteiger partial charge in [0.25, 0.3) is 5.91 Å². The highest BCUT2D eigenvalue weighted by Gasteiger charge is 2.26. The summed E-state index contributed by atoms with van der Waals surface area (Å²) in [5.74, 6) is 0.512. The highest BCUT2D eigenvalue weighted by Crippen LogP contribution is 2.31. The van der Waals surface area contributed by atoms with Crippen LogP contribution in [0.2, 0.25) is 5.02 Å². The molecule has 0 aliphatic rings. The summed E-state index contributed by atoms with van der Waals surface area (Å²) in [5.41, 5.74) is 1.78. The van der Waals surface area contributed by atoms with Crippen LogP contribution in [0.3, 0.4) is 0 Å². The minimum atomic E-state index is -0.0226. The third-order valence-corrected chi connectivity index (χ3v) is 4.39. The summed E-state index contributed by atoms with van der Waals surface area (Å²) in [7, 11) is 0. The Labute approximate surface area is 148 Å². The Balaban J connectivity index is 2.37. The van der Waals surface area contributed by atoms with Crippen LogP contribution in [0.4, 0.5) is 0 Å². The van der Waals surface area contributed by atoms with Crippen LogP contribution >= 0.6 is 11.6 Å². The van der Waals surface area contributed by atoms with Crippen LogP contribution in [-0.2, 0) is 0 Å². The number of aromatic nitrogens is 1. The van der Waals surface area contributed by atoms with Crippen molar-refractivity contribution in [1.29, 1.82) is 0 Å². The summed E-state index contributed by atoms with van der Waals surface area (Å²) in [5, 5.41) is 4.67. The SMILES string of the molecule is CCCCN(CCCC)C(=O)c1c(-c2ccccc2Cl)noc1C. The normalized spacial score (nSPS) is 10.8. The number of hydrogen-bond donors (Lipinski definition) is 0. The van der Waals surface area contributed by atoms with Crippen molar-refractivity contribution in [2.24, 2.45) is 0 Å². The number of carbonyl (C=O) groups is 1. The van der Waals surface area contributed by atoms with E-state index in [1.165, 1.54) is 0 Å². The molecular weight excluding hydrogens is 324 g/mol. The Morgan fingerprint density at radius 2 is 1.79 bits per heavy atom. The van der Waals surface area contributed by atoms with E-state index in [4.69, 9.17) is 16.1 Å². The number of unbranched alkanes of at least 4 members (excludes halogenated alkanes) is 2. The molecular formula is C19H25ClN2O2. The van der Waals surface area contributed by atoms with E-state index in [1.54, 1.807) is 13.0 Å². The molecule has 0 unspecified atom stereocenters. The summed E-state index contributed by atoms with van der Waals surface area (Å²) < 4.78 is 5.33. The number of hydrogen-bond acceptors (Lipinski definition) is 3. The Hall–Kier alpha value is -1.81. The summed E-state index contributed by atoms with van der Waals surface area (Å²) in [4.78, 5) is 15.0. The number of halogens is 1. The van der Waals surface area contributed by atoms with E-state index < -0.39 is 0 Å². The second kappa shape index (κ2) is 8.88. The first kappa shape index (κ1) is 18.5. The fourth-order valence-electron chi connectivity index (χ4n) is 2.63. The second-order valence-corrected chi connectivity index (χ2v) is 6.35. The van der Waals surface area contributed by atoms with Crippen LogP contribution in [0.15, 0.2) is 28.8 Å². The summed E-state index contributed by atoms with van der Waals surface area (Å²) >= 11 is 6.28. The van der Waals surface area contributed by atoms with Crippen molar-refractivity contribution in [1.82, 2.24) is 10.1 Å². The maximum atomic E-state index is 13.1. The third-order valence-electron chi connectivity index (χ3n) is 4.06. The molecule has 0 saturated carbocycles. The Bertz CT molecular complexity index is 674. The van der Waals surface area contributed by atoms with Gasteiger partial charge in [-0.15, -0.1) is 0 Å². The molecule has 0 radical (unpaired) electrons. The Kier molecular flexibility index (Phi) is 6.85. The predicted octanol–water partition coefficient (Wildman–Crippen LogP) is 5.35. The van der Waals surface area contributed by atoms with E-state index in [0.29, 0.717) is 22.0 Å². The minimum Gasteiger partial charge on any atom is -0.360 e. The highest BCUT2D eigenvalue weighted by atomic mass is 35.5. The molecule has 0 aliphatic carbocycles. The van der Waals surface area contributed by atoms with Gasteiger partial charge in [0.1, 0.15) is 17.0 Å². The topological polar surface area (TPSA) is 46.3 Å². The first-order chi connectivity index (χ1) is 11.6. The fourth-order valence-corrected chi connectivity index (χ4v) is 2.86. The first-order valence-electron chi connectivity index (χ1n) is 8.60. The first-order valence-corrected chi connectivity index (χ1v) is 8.98. The van der Waals surface area contributed by atoms with Gasteiger partial charge in [-0.3, -0.25) is 4.79 Å². The molecule has 24 heavy (non-hydrogen) atoms. The lowest BCUT2D eigenvalue weighted by Gasteiger charge is -2.22. The van der Waals surface area contributed by atoms with Gasteiger partial charge in [0.05, 0.1) is 5.02 Å². The van der Waals surface area contributed by atoms with Crippen molar-refractivity contribution in [3.63, 3.8) is 0 Å². The van der Waals surface area contributed by atoms with Crippen molar-refractivity contribution in [3.05, 3.63) is 40.6 Å². The lowest BCUT2D eigenvalue weighted by atomic mass is 10.0. The lowest BCUT2D eigenvalue weighted by Crippen LogP contribution is -2.33. The van der Waals surface area contributed by atoms with Gasteiger partial charge >= 0.3 is 0 Å². The monoisotopic (exact) mass is 348 g/mol. The van der Waals surface area contributed by atoms with E-state index in [2.05, 4.69) is 19.0 Å². The zero-order chi connectivity index (χ0) is 17.5. The van der Waals surface area contributed by atoms with Gasteiger partial charge in [-0.05, 0) is 25.8 Å². The molecule has 1 aromatic carbocycles. The molecule has 4 nitrogen and oxygen atoms in total. The summed E-state index contributed by atoms with van der Waals surface area (Å²) in [6.45, 7) is 7.53. The van der Waals surface area contributed by atoms with Gasteiger partial charge in [-0.25, -0.2) is 0 Å². The maximum Gasteiger partial charge on any atom is 0.259 e. The van der Waals surface area contributed by atoms with Crippen LogP contribution in [0.25, 0.3) is 11.3 Å². The molecule has 0 N–H and O–H groups in total. The molecule has 1 aromatic heterocycles. The fraction of sp³-hybridized carbons (Fsp3) is 0.474. The van der Waals surface area contributed by atoms with Crippen molar-refractivity contribution >= 4 is 17.5 Å². The lowest BCUT2D eigenvalue weighted by molar-refractivity contribution is 0.0750. The standard InChI is InChI=1S/C19H25ClN2O2/c1-4-6-12-22(13-7-5-2)19(23)17-14(3)24-21-18(17)15-10-8-9-11-16(15)20/h8-11H,4-7,12-13H2,1-3H3. The van der Waals surface area contributed by atoms with Crippen LogP contribution in [-0.4, -0.2) is 29.1 Å². The zero-order valence-electron chi connectivity index (χ0n) is 14.6. The van der Waals surface area contributed by atoms with Crippen LogP contribution in [0.5, 0.6) is 0 Å². The van der Waals surface area contributed by atoms with E-state index in [-0.39, 0.29) is 5.91 Å². The van der Waals surface area contributed by atoms with Crippen molar-refractivity contribution < 1.29 is 9.32 Å². The molecule has 5 heteroatoms. The third kappa shape index (κ3) is 4.18. The number of amides is 1. The molecule has 2 aromatic rings. The molecule has 0 saturated heterocycles. The van der Waals surface area contributed by atoms with Crippen LogP contribution in [0, 0.1) is 6.92 Å². The van der Waals surface area contributed by atoms with E-state index in [1.807, 2.05) is 23.1 Å². The average molecular weight is 349 g/mol. The summed E-state index contributed by atoms with van der Waals surface area (Å²) in [6, 6.07) is 7.39. The molecule has 2 rings (SSSR count). The second-order valence-electron chi connectivity index (χ2n) is 5.94. The van der Waals surface area contributed by atoms with Crippen molar-refractivity contribution in [2.45, 2.75) is 46.5 Å². The van der Waals surface area contributed by atoms with Crippen molar-refractivity contribution in [2.75, 3.05) is 13.1 Å². The predicted molar refractivity (Wildman–Crippen MR) is 97.4 cm³/mol. The van der Waals surface area contributed by atoms with Crippen LogP contribution in [0.1, 0.15) is 55.6 Å². The number of carbonyl (C=O) groups excluding carboxylic acids is 1. The molecule has 0 bridgehead atoms. The zero-order valence-corrected chi connectivity index (χ0v) is 15.4. The quantitative estimate of drug-likeness (QED) is 0.646. The van der Waals surface area contributed by atoms with Gasteiger partial charge in [0, 0.05) is 18.7 Å². The van der Waals surface area contributed by atoms with E-state index >= 15 is 0 Å². The number of aryl methyl sites for hydroxylation is 1. The Morgan fingerprint density at radius 3 is 2.38 bits per heavy atom. The smallest absolute Gasteiger partial charge is 0.259 e. The van der Waals surface area contributed by atoms with Gasteiger partial charge in [0.15, 0.2) is 0 Å². The van der Waals surface area contributed by atoms with E-state index in [0.717, 1.165) is 44.3 Å². The highest BCUT2D eigenvalue weighted by molar-refractivity contribution is 6.33. The maximum absolute atomic E-state index is 13.1. The molecule has 130 valence electrons. The molecule has 0 fully saturated rings. The number of rotatable bonds is 8. The molecule has 0 spiro atoms. The molecule has 1 heterocycles. The van der Waals surface area contributed by atoms with Gasteiger partial charge < -0.3 is 9.42 Å². The van der Waals surface area contributed by atoms with Gasteiger partial charge in [-0.1, -0.05) is 61.6 Å². The Morgan fingerprint density at radius 1 is 1.17 bits per heavy atom. The largest absolute Gasteiger partial charge is 0.360 e. The van der Waals surface area contributed by atoms with Gasteiger partial charge in [-0.2, -0.15) is 0 Å². The molecule has 1 amide bonds. The average Bonchev–Trinajstić information content (AvgIpc) is 2.96. The molecule has 0 atom stereocenters. The van der Waals surface area contributed by atoms with Crippen LogP contribution < -0.4 is 0 Å². The summed E-state index contributed by atoms with van der Waals surface area (Å²) in [6.07, 6.45) is 4.08. The van der Waals surface area contributed by atoms with E-state index in [9.17, 15) is 4.79 Å². The van der Waals surface area contributed by atoms with Crippen molar-refractivity contribution in [3.8, 4) is 11.3 Å². The van der Waals surface area contributed by atoms with Gasteiger partial charge in [0.2, 0.25) is 0 Å². The minimum absolute atomic E-state index is 0.0226. The molecule has 0 aliphatic heterocycles.